The first kappa shape index (κ1) is 27.0. The fourth-order valence-electron chi connectivity index (χ4n) is 4.04. The molecule has 0 bridgehead atoms. The fraction of sp³-hybridized carbons (Fsp3) is 0.179. The normalized spacial score (nSPS) is 10.8. The maximum Gasteiger partial charge on any atom is 0.339 e. The minimum absolute atomic E-state index is 0.183. The summed E-state index contributed by atoms with van der Waals surface area (Å²) in [4.78, 5) is 36.7. The van der Waals surface area contributed by atoms with Gasteiger partial charge in [0, 0.05) is 45.1 Å². The molecule has 38 heavy (non-hydrogen) atoms. The van der Waals surface area contributed by atoms with Crippen molar-refractivity contribution in [2.24, 2.45) is 7.05 Å². The van der Waals surface area contributed by atoms with Crippen molar-refractivity contribution in [1.29, 1.82) is 0 Å². The molecule has 0 aliphatic heterocycles. The van der Waals surface area contributed by atoms with Crippen molar-refractivity contribution in [3.63, 3.8) is 0 Å². The summed E-state index contributed by atoms with van der Waals surface area (Å²) in [6, 6.07) is 16.7. The molecule has 0 aliphatic carbocycles. The minimum Gasteiger partial charge on any atom is -0.507 e. The molecular weight excluding hydrogens is 601 g/mol. The third kappa shape index (κ3) is 5.75. The van der Waals surface area contributed by atoms with E-state index in [1.807, 2.05) is 10.6 Å². The number of aromatic carboxylic acids is 1. The Hall–Kier alpha value is -4.06. The second-order valence-electron chi connectivity index (χ2n) is 8.63. The molecule has 0 radical (unpaired) electrons. The summed E-state index contributed by atoms with van der Waals surface area (Å²) in [5.41, 5.74) is 2.83. The first-order chi connectivity index (χ1) is 18.2. The van der Waals surface area contributed by atoms with E-state index in [1.165, 1.54) is 12.1 Å². The lowest BCUT2D eigenvalue weighted by atomic mass is 10.1. The summed E-state index contributed by atoms with van der Waals surface area (Å²) in [7, 11) is 1.80. The molecule has 0 fully saturated rings. The van der Waals surface area contributed by atoms with Crippen LogP contribution in [-0.2, 0) is 16.6 Å². The number of amides is 2. The number of aromatic nitrogens is 1. The van der Waals surface area contributed by atoms with E-state index < -0.39 is 17.8 Å². The molecule has 0 unspecified atom stereocenters. The molecule has 2 amide bonds. The number of carboxylic acids is 1. The number of halogens is 1. The smallest absolute Gasteiger partial charge is 0.339 e. The number of carbonyl (C=O) groups excluding carboxylic acids is 2. The van der Waals surface area contributed by atoms with Crippen LogP contribution in [0.3, 0.4) is 0 Å². The van der Waals surface area contributed by atoms with Crippen LogP contribution >= 0.6 is 22.6 Å². The molecule has 196 valence electrons. The van der Waals surface area contributed by atoms with Gasteiger partial charge in [-0.2, -0.15) is 0 Å². The average Bonchev–Trinajstić information content (AvgIpc) is 3.12. The standard InChI is InChI=1S/C28H26IN3O6/c1-3-4-11-38-19-10-6-9-18(13-19)31-27(35)26(34)30-17-8-5-7-16(12-17)25-24(29)20-14-21(28(36)37)23(33)15-22(20)32(25)2/h5-10,12-15,33H,3-4,11H2,1-2H3,(H,30,34)(H,31,35)(H,36,37). The molecule has 3 aromatic carbocycles. The van der Waals surface area contributed by atoms with Gasteiger partial charge in [0.05, 0.1) is 17.8 Å². The van der Waals surface area contributed by atoms with Gasteiger partial charge in [-0.15, -0.1) is 0 Å². The molecule has 4 N–H and O–H groups in total. The second kappa shape index (κ2) is 11.5. The van der Waals surface area contributed by atoms with Gasteiger partial charge in [-0.05, 0) is 59.3 Å². The molecule has 9 nitrogen and oxygen atoms in total. The Morgan fingerprint density at radius 1 is 0.974 bits per heavy atom. The highest BCUT2D eigenvalue weighted by Crippen LogP contribution is 2.37. The molecule has 10 heteroatoms. The highest BCUT2D eigenvalue weighted by atomic mass is 127. The number of benzene rings is 3. The van der Waals surface area contributed by atoms with Crippen molar-refractivity contribution in [3.8, 4) is 22.8 Å². The number of ether oxygens (including phenoxy) is 1. The SMILES string of the molecule is CCCCOc1cccc(NC(=O)C(=O)Nc2cccc(-c3c(I)c4cc(C(=O)O)c(O)cc4n3C)c2)c1. The van der Waals surface area contributed by atoms with Crippen LogP contribution in [0.2, 0.25) is 0 Å². The van der Waals surface area contributed by atoms with Crippen molar-refractivity contribution in [2.45, 2.75) is 19.8 Å². The number of fused-ring (bicyclic) bond motifs is 1. The zero-order valence-electron chi connectivity index (χ0n) is 20.7. The van der Waals surface area contributed by atoms with Gasteiger partial charge in [-0.3, -0.25) is 9.59 Å². The Kier molecular flexibility index (Phi) is 8.20. The van der Waals surface area contributed by atoms with Gasteiger partial charge >= 0.3 is 17.8 Å². The predicted molar refractivity (Wildman–Crippen MR) is 154 cm³/mol. The largest absolute Gasteiger partial charge is 0.507 e. The van der Waals surface area contributed by atoms with E-state index in [4.69, 9.17) is 4.74 Å². The number of rotatable bonds is 8. The number of carbonyl (C=O) groups is 3. The summed E-state index contributed by atoms with van der Waals surface area (Å²) in [6.07, 6.45) is 1.93. The Morgan fingerprint density at radius 3 is 2.29 bits per heavy atom. The van der Waals surface area contributed by atoms with Gasteiger partial charge in [-0.1, -0.05) is 31.5 Å². The summed E-state index contributed by atoms with van der Waals surface area (Å²) in [5.74, 6) is -2.58. The van der Waals surface area contributed by atoms with E-state index in [1.54, 1.807) is 49.5 Å². The van der Waals surface area contributed by atoms with Crippen LogP contribution < -0.4 is 15.4 Å². The lowest BCUT2D eigenvalue weighted by Crippen LogP contribution is -2.29. The summed E-state index contributed by atoms with van der Waals surface area (Å²) < 4.78 is 8.27. The number of carboxylic acid groups (broad SMARTS) is 1. The van der Waals surface area contributed by atoms with E-state index >= 15 is 0 Å². The number of phenols is 1. The number of hydrogen-bond acceptors (Lipinski definition) is 5. The minimum atomic E-state index is -1.22. The molecule has 1 aromatic heterocycles. The molecule has 0 atom stereocenters. The van der Waals surface area contributed by atoms with Gasteiger partial charge in [0.1, 0.15) is 17.1 Å². The predicted octanol–water partition coefficient (Wildman–Crippen LogP) is 5.61. The molecule has 4 aromatic rings. The van der Waals surface area contributed by atoms with E-state index in [9.17, 15) is 24.6 Å². The van der Waals surface area contributed by atoms with Crippen LogP contribution in [0.25, 0.3) is 22.2 Å². The van der Waals surface area contributed by atoms with Crippen molar-refractivity contribution in [1.82, 2.24) is 4.57 Å². The van der Waals surface area contributed by atoms with Crippen LogP contribution in [-0.4, -0.2) is 39.2 Å². The molecule has 0 aliphatic rings. The quantitative estimate of drug-likeness (QED) is 0.114. The number of aryl methyl sites for hydroxylation is 1. The fourth-order valence-corrected chi connectivity index (χ4v) is 5.14. The van der Waals surface area contributed by atoms with Gasteiger partial charge in [0.2, 0.25) is 0 Å². The maximum atomic E-state index is 12.6. The van der Waals surface area contributed by atoms with Crippen LogP contribution in [0, 0.1) is 3.57 Å². The third-order valence-corrected chi connectivity index (χ3v) is 7.04. The molecule has 4 rings (SSSR count). The van der Waals surface area contributed by atoms with Crippen LogP contribution in [0.5, 0.6) is 11.5 Å². The Labute approximate surface area is 232 Å². The Morgan fingerprint density at radius 2 is 1.63 bits per heavy atom. The average molecular weight is 627 g/mol. The van der Waals surface area contributed by atoms with Crippen LogP contribution in [0.4, 0.5) is 11.4 Å². The Balaban J connectivity index is 1.53. The highest BCUT2D eigenvalue weighted by molar-refractivity contribution is 14.1. The topological polar surface area (TPSA) is 130 Å². The summed E-state index contributed by atoms with van der Waals surface area (Å²) in [5, 5.41) is 25.4. The number of nitrogens with zero attached hydrogens (tertiary/aromatic N) is 1. The summed E-state index contributed by atoms with van der Waals surface area (Å²) in [6.45, 7) is 2.64. The molecular formula is C28H26IN3O6. The lowest BCUT2D eigenvalue weighted by Gasteiger charge is -2.11. The number of hydrogen-bond donors (Lipinski definition) is 4. The van der Waals surface area contributed by atoms with E-state index in [2.05, 4.69) is 40.1 Å². The van der Waals surface area contributed by atoms with E-state index in [0.29, 0.717) is 34.6 Å². The zero-order valence-corrected chi connectivity index (χ0v) is 22.9. The zero-order chi connectivity index (χ0) is 27.4. The number of unbranched alkanes of at least 4 members (excludes halogenated alkanes) is 1. The molecule has 0 saturated carbocycles. The van der Waals surface area contributed by atoms with Crippen LogP contribution in [0.15, 0.2) is 60.7 Å². The van der Waals surface area contributed by atoms with Crippen molar-refractivity contribution < 1.29 is 29.3 Å². The van der Waals surface area contributed by atoms with Gasteiger partial charge < -0.3 is 30.2 Å². The molecule has 1 heterocycles. The molecule has 0 saturated heterocycles. The monoisotopic (exact) mass is 627 g/mol. The Bertz CT molecular complexity index is 1550. The van der Waals surface area contributed by atoms with Gasteiger partial charge in [0.25, 0.3) is 0 Å². The number of aromatic hydroxyl groups is 1. The van der Waals surface area contributed by atoms with Crippen molar-refractivity contribution in [2.75, 3.05) is 17.2 Å². The van der Waals surface area contributed by atoms with E-state index in [0.717, 1.165) is 27.7 Å². The first-order valence-corrected chi connectivity index (χ1v) is 13.0. The molecule has 0 spiro atoms. The van der Waals surface area contributed by atoms with Crippen LogP contribution in [0.1, 0.15) is 30.1 Å². The highest BCUT2D eigenvalue weighted by Gasteiger charge is 2.20. The first-order valence-electron chi connectivity index (χ1n) is 11.9. The third-order valence-electron chi connectivity index (χ3n) is 5.94. The lowest BCUT2D eigenvalue weighted by molar-refractivity contribution is -0.132. The maximum absolute atomic E-state index is 12.6. The van der Waals surface area contributed by atoms with Crippen molar-refractivity contribution in [3.05, 3.63) is 69.8 Å². The van der Waals surface area contributed by atoms with Gasteiger partial charge in [0.15, 0.2) is 0 Å². The number of anilines is 2. The van der Waals surface area contributed by atoms with Gasteiger partial charge in [-0.25, -0.2) is 4.79 Å². The van der Waals surface area contributed by atoms with E-state index in [-0.39, 0.29) is 11.3 Å². The summed E-state index contributed by atoms with van der Waals surface area (Å²) >= 11 is 2.13. The second-order valence-corrected chi connectivity index (χ2v) is 9.71. The number of nitrogens with one attached hydrogen (secondary N) is 2. The van der Waals surface area contributed by atoms with Crippen molar-refractivity contribution >= 4 is 62.7 Å².